The Morgan fingerprint density at radius 3 is 2.40 bits per heavy atom. The number of carbonyl (C=O) groups is 2. The Labute approximate surface area is 112 Å². The van der Waals surface area contributed by atoms with Crippen molar-refractivity contribution in [2.45, 2.75) is 18.6 Å². The van der Waals surface area contributed by atoms with Gasteiger partial charge in [-0.05, 0) is 12.1 Å². The summed E-state index contributed by atoms with van der Waals surface area (Å²) in [5.74, 6) is -2.98. The first kappa shape index (κ1) is 14.2. The van der Waals surface area contributed by atoms with Crippen LogP contribution in [0.5, 0.6) is 0 Å². The third-order valence-corrected chi connectivity index (χ3v) is 2.94. The number of nitrogens with zero attached hydrogens (tertiary/aromatic N) is 1. The van der Waals surface area contributed by atoms with Crippen LogP contribution in [0.4, 0.5) is 19.3 Å². The number of amides is 2. The lowest BCUT2D eigenvalue weighted by molar-refractivity contribution is -0.141. The highest BCUT2D eigenvalue weighted by atomic mass is 19.1. The summed E-state index contributed by atoms with van der Waals surface area (Å²) >= 11 is 0. The number of halogens is 2. The molecule has 3 N–H and O–H groups in total. The summed E-state index contributed by atoms with van der Waals surface area (Å²) in [5.41, 5.74) is -0.127. The molecule has 0 spiro atoms. The fourth-order valence-corrected chi connectivity index (χ4v) is 2.09. The van der Waals surface area contributed by atoms with Crippen LogP contribution in [0.25, 0.3) is 0 Å². The number of aliphatic carboxylic acids is 1. The normalized spacial score (nSPS) is 21.9. The van der Waals surface area contributed by atoms with Gasteiger partial charge in [-0.1, -0.05) is 0 Å². The third-order valence-electron chi connectivity index (χ3n) is 2.94. The van der Waals surface area contributed by atoms with Crippen LogP contribution in [-0.4, -0.2) is 45.8 Å². The molecule has 6 nitrogen and oxygen atoms in total. The molecule has 2 amide bonds. The molecule has 8 heteroatoms. The molecule has 1 heterocycles. The summed E-state index contributed by atoms with van der Waals surface area (Å²) in [5, 5.41) is 20.6. The summed E-state index contributed by atoms with van der Waals surface area (Å²) in [7, 11) is 0. The minimum absolute atomic E-state index is 0.0831. The molecular weight excluding hydrogens is 274 g/mol. The van der Waals surface area contributed by atoms with E-state index in [1.54, 1.807) is 0 Å². The number of benzene rings is 1. The number of carboxylic acids is 1. The molecule has 1 unspecified atom stereocenters. The largest absolute Gasteiger partial charge is 0.480 e. The van der Waals surface area contributed by atoms with Gasteiger partial charge in [0.25, 0.3) is 0 Å². The van der Waals surface area contributed by atoms with Crippen LogP contribution in [0.3, 0.4) is 0 Å². The summed E-state index contributed by atoms with van der Waals surface area (Å²) < 4.78 is 26.0. The zero-order chi connectivity index (χ0) is 14.9. The monoisotopic (exact) mass is 286 g/mol. The molecule has 1 aliphatic rings. The van der Waals surface area contributed by atoms with Crippen LogP contribution in [0.15, 0.2) is 18.2 Å². The first-order chi connectivity index (χ1) is 9.36. The maximum Gasteiger partial charge on any atom is 0.326 e. The number of aliphatic hydroxyl groups is 1. The second-order valence-corrected chi connectivity index (χ2v) is 4.48. The van der Waals surface area contributed by atoms with Crippen molar-refractivity contribution in [1.29, 1.82) is 0 Å². The molecule has 1 aromatic carbocycles. The molecule has 0 aromatic heterocycles. The van der Waals surface area contributed by atoms with Crippen LogP contribution in [-0.2, 0) is 4.79 Å². The van der Waals surface area contributed by atoms with Gasteiger partial charge in [-0.3, -0.25) is 0 Å². The number of nitrogens with one attached hydrogen (secondary N) is 1. The number of carboxylic acid groups (broad SMARTS) is 1. The van der Waals surface area contributed by atoms with E-state index in [2.05, 4.69) is 5.32 Å². The van der Waals surface area contributed by atoms with E-state index in [4.69, 9.17) is 5.11 Å². The number of urea groups is 1. The smallest absolute Gasteiger partial charge is 0.326 e. The van der Waals surface area contributed by atoms with Crippen molar-refractivity contribution in [2.24, 2.45) is 0 Å². The third kappa shape index (κ3) is 3.02. The van der Waals surface area contributed by atoms with Gasteiger partial charge in [-0.2, -0.15) is 0 Å². The van der Waals surface area contributed by atoms with Crippen molar-refractivity contribution in [3.05, 3.63) is 29.8 Å². The quantitative estimate of drug-likeness (QED) is 0.757. The van der Waals surface area contributed by atoms with Crippen molar-refractivity contribution < 1.29 is 28.6 Å². The van der Waals surface area contributed by atoms with Gasteiger partial charge in [0, 0.05) is 24.7 Å². The molecule has 1 saturated heterocycles. The molecule has 1 aromatic rings. The number of rotatable bonds is 2. The van der Waals surface area contributed by atoms with E-state index in [0.29, 0.717) is 6.07 Å². The Hall–Kier alpha value is -2.22. The first-order valence-electron chi connectivity index (χ1n) is 5.81. The Morgan fingerprint density at radius 1 is 1.25 bits per heavy atom. The molecule has 0 saturated carbocycles. The van der Waals surface area contributed by atoms with Crippen LogP contribution in [0.2, 0.25) is 0 Å². The minimum Gasteiger partial charge on any atom is -0.480 e. The molecule has 0 radical (unpaired) electrons. The summed E-state index contributed by atoms with van der Waals surface area (Å²) in [6.07, 6.45) is -1.02. The number of anilines is 1. The number of likely N-dealkylation sites (tertiary alicyclic amines) is 1. The van der Waals surface area contributed by atoms with E-state index in [0.717, 1.165) is 17.0 Å². The fourth-order valence-electron chi connectivity index (χ4n) is 2.09. The topological polar surface area (TPSA) is 89.9 Å². The molecule has 1 fully saturated rings. The second kappa shape index (κ2) is 5.41. The van der Waals surface area contributed by atoms with Gasteiger partial charge >= 0.3 is 12.0 Å². The first-order valence-corrected chi connectivity index (χ1v) is 5.81. The van der Waals surface area contributed by atoms with E-state index in [-0.39, 0.29) is 18.7 Å². The fraction of sp³-hybridized carbons (Fsp3) is 0.333. The molecular formula is C12H12F2N2O4. The van der Waals surface area contributed by atoms with Gasteiger partial charge in [0.15, 0.2) is 0 Å². The summed E-state index contributed by atoms with van der Waals surface area (Å²) in [6, 6.07) is 0.462. The van der Waals surface area contributed by atoms with Gasteiger partial charge in [-0.15, -0.1) is 0 Å². The van der Waals surface area contributed by atoms with Gasteiger partial charge in [-0.25, -0.2) is 18.4 Å². The van der Waals surface area contributed by atoms with E-state index in [1.807, 2.05) is 0 Å². The lowest BCUT2D eigenvalue weighted by atomic mass is 10.2. The van der Waals surface area contributed by atoms with Crippen molar-refractivity contribution in [3.63, 3.8) is 0 Å². The molecule has 2 rings (SSSR count). The number of hydrogen-bond donors (Lipinski definition) is 3. The number of hydrogen-bond acceptors (Lipinski definition) is 3. The second-order valence-electron chi connectivity index (χ2n) is 4.48. The van der Waals surface area contributed by atoms with E-state index in [9.17, 15) is 23.5 Å². The van der Waals surface area contributed by atoms with Crippen LogP contribution < -0.4 is 5.32 Å². The van der Waals surface area contributed by atoms with Crippen LogP contribution in [0.1, 0.15) is 6.42 Å². The van der Waals surface area contributed by atoms with E-state index < -0.39 is 35.8 Å². The molecule has 20 heavy (non-hydrogen) atoms. The van der Waals surface area contributed by atoms with Gasteiger partial charge < -0.3 is 20.4 Å². The van der Waals surface area contributed by atoms with Gasteiger partial charge in [0.1, 0.15) is 17.7 Å². The number of aliphatic hydroxyl groups excluding tert-OH is 1. The Kier molecular flexibility index (Phi) is 3.84. The maximum atomic E-state index is 13.0. The maximum absolute atomic E-state index is 13.0. The molecule has 108 valence electrons. The lowest BCUT2D eigenvalue weighted by Gasteiger charge is -2.21. The zero-order valence-corrected chi connectivity index (χ0v) is 10.2. The molecule has 1 aliphatic heterocycles. The van der Waals surface area contributed by atoms with Crippen molar-refractivity contribution in [1.82, 2.24) is 4.90 Å². The Morgan fingerprint density at radius 2 is 1.85 bits per heavy atom. The standard InChI is InChI=1S/C12H12F2N2O4/c13-6-1-7(14)3-8(2-6)15-12(20)16-5-9(17)4-10(16)11(18)19/h1-3,9-10,17H,4-5H2,(H,15,20)(H,18,19)/t9?,10-/m0/s1. The van der Waals surface area contributed by atoms with Crippen molar-refractivity contribution >= 4 is 17.7 Å². The molecule has 0 bridgehead atoms. The Bertz CT molecular complexity index is 532. The minimum atomic E-state index is -1.25. The average Bonchev–Trinajstić information content (AvgIpc) is 2.70. The SMILES string of the molecule is O=C(O)[C@@H]1CC(O)CN1C(=O)Nc1cc(F)cc(F)c1. The van der Waals surface area contributed by atoms with Crippen molar-refractivity contribution in [3.8, 4) is 0 Å². The summed E-state index contributed by atoms with van der Waals surface area (Å²) in [4.78, 5) is 23.8. The van der Waals surface area contributed by atoms with E-state index >= 15 is 0 Å². The van der Waals surface area contributed by atoms with Gasteiger partial charge in [0.05, 0.1) is 6.10 Å². The van der Waals surface area contributed by atoms with Crippen molar-refractivity contribution in [2.75, 3.05) is 11.9 Å². The number of β-amino-alcohol motifs (C(OH)–C–C–N with tert-alkyl or cyclic N) is 1. The summed E-state index contributed by atoms with van der Waals surface area (Å²) in [6.45, 7) is -0.152. The lowest BCUT2D eigenvalue weighted by Crippen LogP contribution is -2.43. The zero-order valence-electron chi connectivity index (χ0n) is 10.2. The predicted octanol–water partition coefficient (Wildman–Crippen LogP) is 1.02. The highest BCUT2D eigenvalue weighted by Crippen LogP contribution is 2.20. The predicted molar refractivity (Wildman–Crippen MR) is 64.1 cm³/mol. The highest BCUT2D eigenvalue weighted by molar-refractivity contribution is 5.92. The van der Waals surface area contributed by atoms with Gasteiger partial charge in [0.2, 0.25) is 0 Å². The van der Waals surface area contributed by atoms with E-state index in [1.165, 1.54) is 0 Å². The average molecular weight is 286 g/mol. The highest BCUT2D eigenvalue weighted by Gasteiger charge is 2.39. The van der Waals surface area contributed by atoms with Crippen LogP contribution >= 0.6 is 0 Å². The molecule has 0 aliphatic carbocycles. The number of carbonyl (C=O) groups excluding carboxylic acids is 1. The Balaban J connectivity index is 2.13. The molecule has 2 atom stereocenters. The van der Waals surface area contributed by atoms with Crippen LogP contribution in [0, 0.1) is 11.6 Å².